The van der Waals surface area contributed by atoms with Gasteiger partial charge in [-0.15, -0.1) is 0 Å². The van der Waals surface area contributed by atoms with Gasteiger partial charge in [0.1, 0.15) is 18.1 Å². The number of nitrogens with one attached hydrogen (secondary N) is 1. The third kappa shape index (κ3) is 5.41. The SMILES string of the molecule is CCOc1ccc(OCCNC(=O)c2ccccc2C(F)(F)F)cc1. The Bertz CT molecular complexity index is 699. The van der Waals surface area contributed by atoms with Crippen LogP contribution in [-0.4, -0.2) is 25.7 Å². The summed E-state index contributed by atoms with van der Waals surface area (Å²) in [6.07, 6.45) is -4.58. The second kappa shape index (κ2) is 8.41. The van der Waals surface area contributed by atoms with E-state index >= 15 is 0 Å². The Hall–Kier alpha value is -2.70. The Morgan fingerprint density at radius 2 is 1.60 bits per heavy atom. The predicted molar refractivity (Wildman–Crippen MR) is 86.9 cm³/mol. The molecule has 1 amide bonds. The monoisotopic (exact) mass is 353 g/mol. The molecule has 0 fully saturated rings. The average molecular weight is 353 g/mol. The number of benzene rings is 2. The topological polar surface area (TPSA) is 47.6 Å². The Labute approximate surface area is 143 Å². The van der Waals surface area contributed by atoms with E-state index in [1.54, 1.807) is 24.3 Å². The van der Waals surface area contributed by atoms with Crippen molar-refractivity contribution in [2.24, 2.45) is 0 Å². The van der Waals surface area contributed by atoms with Crippen LogP contribution in [0, 0.1) is 0 Å². The largest absolute Gasteiger partial charge is 0.494 e. The summed E-state index contributed by atoms with van der Waals surface area (Å²) in [7, 11) is 0. The minimum atomic E-state index is -4.58. The summed E-state index contributed by atoms with van der Waals surface area (Å²) in [5.41, 5.74) is -1.36. The van der Waals surface area contributed by atoms with Gasteiger partial charge in [0.15, 0.2) is 0 Å². The van der Waals surface area contributed by atoms with Crippen LogP contribution in [-0.2, 0) is 6.18 Å². The van der Waals surface area contributed by atoms with E-state index in [-0.39, 0.29) is 13.2 Å². The Kier molecular flexibility index (Phi) is 6.27. The van der Waals surface area contributed by atoms with E-state index in [4.69, 9.17) is 9.47 Å². The second-order valence-corrected chi connectivity index (χ2v) is 5.05. The number of ether oxygens (including phenoxy) is 2. The summed E-state index contributed by atoms with van der Waals surface area (Å²) in [5, 5.41) is 2.42. The van der Waals surface area contributed by atoms with Crippen LogP contribution in [0.1, 0.15) is 22.8 Å². The van der Waals surface area contributed by atoms with Crippen molar-refractivity contribution in [2.45, 2.75) is 13.1 Å². The highest BCUT2D eigenvalue weighted by molar-refractivity contribution is 5.95. The molecule has 0 saturated heterocycles. The molecule has 0 aliphatic rings. The van der Waals surface area contributed by atoms with Gasteiger partial charge in [0.2, 0.25) is 0 Å². The fraction of sp³-hybridized carbons (Fsp3) is 0.278. The molecule has 0 aromatic heterocycles. The van der Waals surface area contributed by atoms with E-state index in [2.05, 4.69) is 5.32 Å². The van der Waals surface area contributed by atoms with Crippen LogP contribution in [0.25, 0.3) is 0 Å². The minimum Gasteiger partial charge on any atom is -0.494 e. The lowest BCUT2D eigenvalue weighted by Gasteiger charge is -2.13. The second-order valence-electron chi connectivity index (χ2n) is 5.05. The van der Waals surface area contributed by atoms with Gasteiger partial charge < -0.3 is 14.8 Å². The van der Waals surface area contributed by atoms with Gasteiger partial charge in [-0.05, 0) is 43.3 Å². The summed E-state index contributed by atoms with van der Waals surface area (Å²) in [6.45, 7) is 2.65. The van der Waals surface area contributed by atoms with Crippen LogP contribution in [0.2, 0.25) is 0 Å². The fourth-order valence-electron chi connectivity index (χ4n) is 2.16. The molecule has 0 spiro atoms. The number of halogens is 3. The molecular formula is C18H18F3NO3. The fourth-order valence-corrected chi connectivity index (χ4v) is 2.16. The van der Waals surface area contributed by atoms with Crippen LogP contribution in [0.5, 0.6) is 11.5 Å². The first kappa shape index (κ1) is 18.6. The van der Waals surface area contributed by atoms with E-state index in [1.807, 2.05) is 6.92 Å². The summed E-state index contributed by atoms with van der Waals surface area (Å²) in [4.78, 5) is 12.0. The van der Waals surface area contributed by atoms with Gasteiger partial charge >= 0.3 is 6.18 Å². The Morgan fingerprint density at radius 1 is 1.00 bits per heavy atom. The van der Waals surface area contributed by atoms with E-state index in [0.29, 0.717) is 18.1 Å². The maximum atomic E-state index is 12.9. The first-order valence-electron chi connectivity index (χ1n) is 7.72. The van der Waals surface area contributed by atoms with Gasteiger partial charge in [-0.1, -0.05) is 12.1 Å². The normalized spacial score (nSPS) is 11.0. The van der Waals surface area contributed by atoms with Crippen molar-refractivity contribution in [3.63, 3.8) is 0 Å². The number of amides is 1. The molecule has 2 aromatic carbocycles. The number of hydrogen-bond donors (Lipinski definition) is 1. The average Bonchev–Trinajstić information content (AvgIpc) is 2.59. The molecule has 1 N–H and O–H groups in total. The van der Waals surface area contributed by atoms with Gasteiger partial charge in [0.25, 0.3) is 5.91 Å². The lowest BCUT2D eigenvalue weighted by molar-refractivity contribution is -0.137. The zero-order chi connectivity index (χ0) is 18.3. The Balaban J connectivity index is 1.85. The first-order chi connectivity index (χ1) is 11.9. The highest BCUT2D eigenvalue weighted by atomic mass is 19.4. The number of rotatable bonds is 7. The molecule has 25 heavy (non-hydrogen) atoms. The quantitative estimate of drug-likeness (QED) is 0.768. The molecule has 134 valence electrons. The van der Waals surface area contributed by atoms with Crippen LogP contribution in [0.15, 0.2) is 48.5 Å². The smallest absolute Gasteiger partial charge is 0.417 e. The van der Waals surface area contributed by atoms with Gasteiger partial charge in [-0.3, -0.25) is 4.79 Å². The molecule has 7 heteroatoms. The zero-order valence-electron chi connectivity index (χ0n) is 13.6. The molecular weight excluding hydrogens is 335 g/mol. The maximum absolute atomic E-state index is 12.9. The molecule has 4 nitrogen and oxygen atoms in total. The summed E-state index contributed by atoms with van der Waals surface area (Å²) in [5.74, 6) is 0.503. The maximum Gasteiger partial charge on any atom is 0.417 e. The first-order valence-corrected chi connectivity index (χ1v) is 7.72. The number of alkyl halides is 3. The van der Waals surface area contributed by atoms with E-state index in [0.717, 1.165) is 12.1 Å². The lowest BCUT2D eigenvalue weighted by atomic mass is 10.1. The molecule has 2 rings (SSSR count). The van der Waals surface area contributed by atoms with Crippen molar-refractivity contribution in [1.29, 1.82) is 0 Å². The van der Waals surface area contributed by atoms with Gasteiger partial charge in [-0.2, -0.15) is 13.2 Å². The molecule has 0 atom stereocenters. The highest BCUT2D eigenvalue weighted by Gasteiger charge is 2.34. The standard InChI is InChI=1S/C18H18F3NO3/c1-2-24-13-7-9-14(10-8-13)25-12-11-22-17(23)15-5-3-4-6-16(15)18(19,20)21/h3-10H,2,11-12H2,1H3,(H,22,23). The molecule has 0 bridgehead atoms. The molecule has 0 heterocycles. The number of hydrogen-bond acceptors (Lipinski definition) is 3. The van der Waals surface area contributed by atoms with Crippen LogP contribution < -0.4 is 14.8 Å². The molecule has 2 aromatic rings. The highest BCUT2D eigenvalue weighted by Crippen LogP contribution is 2.31. The van der Waals surface area contributed by atoms with E-state index < -0.39 is 23.2 Å². The predicted octanol–water partition coefficient (Wildman–Crippen LogP) is 3.91. The van der Waals surface area contributed by atoms with E-state index in [9.17, 15) is 18.0 Å². The zero-order valence-corrected chi connectivity index (χ0v) is 13.6. The van der Waals surface area contributed by atoms with Gasteiger partial charge in [0.05, 0.1) is 24.3 Å². The van der Waals surface area contributed by atoms with Crippen molar-refractivity contribution < 1.29 is 27.4 Å². The molecule has 0 unspecified atom stereocenters. The molecule has 0 aliphatic carbocycles. The number of carbonyl (C=O) groups excluding carboxylic acids is 1. The van der Waals surface area contributed by atoms with Crippen molar-refractivity contribution >= 4 is 5.91 Å². The van der Waals surface area contributed by atoms with Crippen molar-refractivity contribution in [3.8, 4) is 11.5 Å². The molecule has 0 radical (unpaired) electrons. The van der Waals surface area contributed by atoms with E-state index in [1.165, 1.54) is 12.1 Å². The van der Waals surface area contributed by atoms with Crippen LogP contribution in [0.4, 0.5) is 13.2 Å². The number of carbonyl (C=O) groups is 1. The Morgan fingerprint density at radius 3 is 2.20 bits per heavy atom. The molecule has 0 saturated carbocycles. The van der Waals surface area contributed by atoms with Crippen molar-refractivity contribution in [3.05, 3.63) is 59.7 Å². The minimum absolute atomic E-state index is 0.0816. The van der Waals surface area contributed by atoms with Gasteiger partial charge in [0, 0.05) is 0 Å². The molecule has 0 aliphatic heterocycles. The lowest BCUT2D eigenvalue weighted by Crippen LogP contribution is -2.30. The van der Waals surface area contributed by atoms with Crippen molar-refractivity contribution in [2.75, 3.05) is 19.8 Å². The summed E-state index contributed by atoms with van der Waals surface area (Å²) >= 11 is 0. The van der Waals surface area contributed by atoms with Crippen LogP contribution in [0.3, 0.4) is 0 Å². The third-order valence-electron chi connectivity index (χ3n) is 3.27. The van der Waals surface area contributed by atoms with Crippen LogP contribution >= 0.6 is 0 Å². The summed E-state index contributed by atoms with van der Waals surface area (Å²) in [6, 6.07) is 11.6. The van der Waals surface area contributed by atoms with Crippen molar-refractivity contribution in [1.82, 2.24) is 5.32 Å². The summed E-state index contributed by atoms with van der Waals surface area (Å²) < 4.78 is 49.4. The third-order valence-corrected chi connectivity index (χ3v) is 3.27. The van der Waals surface area contributed by atoms with Gasteiger partial charge in [-0.25, -0.2) is 0 Å².